The minimum atomic E-state index is -1.09. The number of benzene rings is 2. The van der Waals surface area contributed by atoms with E-state index in [0.717, 1.165) is 4.90 Å². The Morgan fingerprint density at radius 3 is 2.59 bits per heavy atom. The van der Waals surface area contributed by atoms with E-state index in [2.05, 4.69) is 11.9 Å². The molecule has 1 heterocycles. The number of ether oxygens (including phenoxy) is 1. The summed E-state index contributed by atoms with van der Waals surface area (Å²) in [7, 11) is 0. The van der Waals surface area contributed by atoms with Gasteiger partial charge in [0.1, 0.15) is 0 Å². The quantitative estimate of drug-likeness (QED) is 0.446. The first kappa shape index (κ1) is 20.3. The lowest BCUT2D eigenvalue weighted by molar-refractivity contribution is -0.123. The molecule has 0 unspecified atom stereocenters. The molecule has 7 nitrogen and oxygen atoms in total. The van der Waals surface area contributed by atoms with Gasteiger partial charge >= 0.3 is 5.97 Å². The SMILES string of the molecule is C=CCN1C(=O)c2ccc(C(=O)O[C@@H](C)C(=O)Nc3cccc(Cl)c3)cc2C1=O. The predicted molar refractivity (Wildman–Crippen MR) is 107 cm³/mol. The number of carbonyl (C=O) groups is 4. The first-order chi connectivity index (χ1) is 13.8. The van der Waals surface area contributed by atoms with E-state index in [-0.39, 0.29) is 23.2 Å². The number of nitrogens with zero attached hydrogens (tertiary/aromatic N) is 1. The summed E-state index contributed by atoms with van der Waals surface area (Å²) >= 11 is 5.87. The van der Waals surface area contributed by atoms with E-state index >= 15 is 0 Å². The van der Waals surface area contributed by atoms with Crippen LogP contribution in [-0.4, -0.2) is 41.2 Å². The number of carbonyl (C=O) groups excluding carboxylic acids is 4. The van der Waals surface area contributed by atoms with Crippen molar-refractivity contribution in [2.75, 3.05) is 11.9 Å². The molecule has 1 N–H and O–H groups in total. The van der Waals surface area contributed by atoms with E-state index in [1.165, 1.54) is 31.2 Å². The molecule has 2 aromatic carbocycles. The Morgan fingerprint density at radius 2 is 1.90 bits per heavy atom. The van der Waals surface area contributed by atoms with Gasteiger partial charge in [-0.3, -0.25) is 19.3 Å². The minimum absolute atomic E-state index is 0.0627. The maximum atomic E-state index is 12.4. The molecule has 1 aliphatic rings. The highest BCUT2D eigenvalue weighted by Gasteiger charge is 2.35. The van der Waals surface area contributed by atoms with Crippen LogP contribution < -0.4 is 5.32 Å². The second-order valence-electron chi connectivity index (χ2n) is 6.32. The summed E-state index contributed by atoms with van der Waals surface area (Å²) in [5.74, 6) is -2.28. The van der Waals surface area contributed by atoms with Gasteiger partial charge in [0.15, 0.2) is 6.10 Å². The summed E-state index contributed by atoms with van der Waals surface area (Å²) in [6.07, 6.45) is 0.348. The van der Waals surface area contributed by atoms with Crippen LogP contribution in [0.3, 0.4) is 0 Å². The van der Waals surface area contributed by atoms with Crippen molar-refractivity contribution in [1.29, 1.82) is 0 Å². The average molecular weight is 413 g/mol. The molecule has 3 rings (SSSR count). The van der Waals surface area contributed by atoms with Crippen molar-refractivity contribution in [1.82, 2.24) is 4.90 Å². The summed E-state index contributed by atoms with van der Waals surface area (Å²) in [6, 6.07) is 10.6. The van der Waals surface area contributed by atoms with E-state index < -0.39 is 29.8 Å². The fourth-order valence-corrected chi connectivity index (χ4v) is 3.00. The number of hydrogen-bond acceptors (Lipinski definition) is 5. The van der Waals surface area contributed by atoms with Crippen molar-refractivity contribution in [3.63, 3.8) is 0 Å². The van der Waals surface area contributed by atoms with Crippen molar-refractivity contribution >= 4 is 41.0 Å². The van der Waals surface area contributed by atoms with E-state index in [9.17, 15) is 19.2 Å². The molecule has 0 aliphatic carbocycles. The van der Waals surface area contributed by atoms with Crippen molar-refractivity contribution < 1.29 is 23.9 Å². The molecule has 2 aromatic rings. The molecule has 148 valence electrons. The van der Waals surface area contributed by atoms with Crippen LogP contribution in [0.5, 0.6) is 0 Å². The molecule has 29 heavy (non-hydrogen) atoms. The van der Waals surface area contributed by atoms with Gasteiger partial charge < -0.3 is 10.1 Å². The number of anilines is 1. The molecule has 0 fully saturated rings. The van der Waals surface area contributed by atoms with Crippen molar-refractivity contribution in [2.24, 2.45) is 0 Å². The number of esters is 1. The van der Waals surface area contributed by atoms with Crippen molar-refractivity contribution in [3.05, 3.63) is 76.8 Å². The Hall–Kier alpha value is -3.45. The number of rotatable bonds is 6. The zero-order valence-corrected chi connectivity index (χ0v) is 16.2. The van der Waals surface area contributed by atoms with Gasteiger partial charge in [0.2, 0.25) is 0 Å². The average Bonchev–Trinajstić information content (AvgIpc) is 2.92. The molecule has 1 atom stereocenters. The summed E-state index contributed by atoms with van der Waals surface area (Å²) in [4.78, 5) is 50.3. The molecule has 0 saturated carbocycles. The van der Waals surface area contributed by atoms with Gasteiger partial charge in [0, 0.05) is 17.3 Å². The van der Waals surface area contributed by atoms with Gasteiger partial charge in [-0.05, 0) is 43.3 Å². The molecule has 0 radical (unpaired) electrons. The van der Waals surface area contributed by atoms with E-state index in [4.69, 9.17) is 16.3 Å². The topological polar surface area (TPSA) is 92.8 Å². The van der Waals surface area contributed by atoms with Crippen LogP contribution in [0.15, 0.2) is 55.1 Å². The Labute approximate surface area is 171 Å². The van der Waals surface area contributed by atoms with Gasteiger partial charge in [-0.1, -0.05) is 23.7 Å². The lowest BCUT2D eigenvalue weighted by atomic mass is 10.1. The van der Waals surface area contributed by atoms with E-state index in [1.54, 1.807) is 24.3 Å². The maximum absolute atomic E-state index is 12.4. The molecular weight excluding hydrogens is 396 g/mol. The monoisotopic (exact) mass is 412 g/mol. The normalized spacial score (nSPS) is 13.7. The van der Waals surface area contributed by atoms with Crippen LogP contribution in [0.4, 0.5) is 5.69 Å². The van der Waals surface area contributed by atoms with Crippen LogP contribution in [0, 0.1) is 0 Å². The Kier molecular flexibility index (Phi) is 5.79. The number of amides is 3. The Morgan fingerprint density at radius 1 is 1.17 bits per heavy atom. The number of imide groups is 1. The summed E-state index contributed by atoms with van der Waals surface area (Å²) in [5.41, 5.74) is 0.851. The lowest BCUT2D eigenvalue weighted by Gasteiger charge is -2.14. The highest BCUT2D eigenvalue weighted by molar-refractivity contribution is 6.30. The zero-order valence-electron chi connectivity index (χ0n) is 15.5. The maximum Gasteiger partial charge on any atom is 0.338 e. The third-order valence-corrected chi connectivity index (χ3v) is 4.50. The lowest BCUT2D eigenvalue weighted by Crippen LogP contribution is -2.30. The van der Waals surface area contributed by atoms with E-state index in [1.807, 2.05) is 0 Å². The number of nitrogens with one attached hydrogen (secondary N) is 1. The summed E-state index contributed by atoms with van der Waals surface area (Å²) in [6.45, 7) is 5.02. The van der Waals surface area contributed by atoms with Crippen LogP contribution in [0.1, 0.15) is 38.0 Å². The molecule has 8 heteroatoms. The molecule has 0 saturated heterocycles. The van der Waals surface area contributed by atoms with Gasteiger partial charge in [0.25, 0.3) is 17.7 Å². The van der Waals surface area contributed by atoms with Gasteiger partial charge in [-0.15, -0.1) is 6.58 Å². The number of halogens is 1. The molecular formula is C21H17ClN2O5. The smallest absolute Gasteiger partial charge is 0.338 e. The third-order valence-electron chi connectivity index (χ3n) is 4.26. The van der Waals surface area contributed by atoms with Gasteiger partial charge in [-0.2, -0.15) is 0 Å². The second kappa shape index (κ2) is 8.28. The van der Waals surface area contributed by atoms with Crippen molar-refractivity contribution in [3.8, 4) is 0 Å². The Balaban J connectivity index is 1.70. The number of fused-ring (bicyclic) bond motifs is 1. The van der Waals surface area contributed by atoms with Crippen LogP contribution in [0.25, 0.3) is 0 Å². The third kappa shape index (κ3) is 4.20. The number of hydrogen-bond donors (Lipinski definition) is 1. The van der Waals surface area contributed by atoms with Crippen molar-refractivity contribution in [2.45, 2.75) is 13.0 Å². The standard InChI is InChI=1S/C21H17ClN2O5/c1-3-9-24-19(26)16-8-7-13(10-17(16)20(24)27)21(28)29-12(2)18(25)23-15-6-4-5-14(22)11-15/h3-8,10-12H,1,9H2,2H3,(H,23,25)/t12-/m0/s1. The minimum Gasteiger partial charge on any atom is -0.449 e. The summed E-state index contributed by atoms with van der Waals surface area (Å²) < 4.78 is 5.19. The molecule has 0 aromatic heterocycles. The molecule has 0 bridgehead atoms. The highest BCUT2D eigenvalue weighted by Crippen LogP contribution is 2.24. The summed E-state index contributed by atoms with van der Waals surface area (Å²) in [5, 5.41) is 3.05. The first-order valence-corrected chi connectivity index (χ1v) is 9.08. The molecule has 1 aliphatic heterocycles. The van der Waals surface area contributed by atoms with Crippen LogP contribution >= 0.6 is 11.6 Å². The van der Waals surface area contributed by atoms with Crippen LogP contribution in [0.2, 0.25) is 5.02 Å². The zero-order chi connectivity index (χ0) is 21.1. The first-order valence-electron chi connectivity index (χ1n) is 8.70. The Bertz CT molecular complexity index is 1030. The molecule has 0 spiro atoms. The van der Waals surface area contributed by atoms with E-state index in [0.29, 0.717) is 10.7 Å². The second-order valence-corrected chi connectivity index (χ2v) is 6.75. The van der Waals surface area contributed by atoms with Gasteiger partial charge in [-0.25, -0.2) is 4.79 Å². The fraction of sp³-hybridized carbons (Fsp3) is 0.143. The van der Waals surface area contributed by atoms with Gasteiger partial charge in [0.05, 0.1) is 16.7 Å². The largest absolute Gasteiger partial charge is 0.449 e. The fourth-order valence-electron chi connectivity index (χ4n) is 2.80. The molecule has 3 amide bonds. The van der Waals surface area contributed by atoms with Crippen LogP contribution in [-0.2, 0) is 9.53 Å². The highest BCUT2D eigenvalue weighted by atomic mass is 35.5. The predicted octanol–water partition coefficient (Wildman–Crippen LogP) is 3.31.